The van der Waals surface area contributed by atoms with Gasteiger partial charge in [-0.05, 0) is 80.0 Å². The number of hydrogen-bond donors (Lipinski definition) is 0. The lowest BCUT2D eigenvalue weighted by Gasteiger charge is -2.29. The van der Waals surface area contributed by atoms with E-state index in [2.05, 4.69) is 13.8 Å². The molecule has 2 aromatic carbocycles. The number of halogens is 3. The topological polar surface area (TPSA) is 9.23 Å². The molecule has 1 fully saturated rings. The third-order valence-electron chi connectivity index (χ3n) is 7.70. The van der Waals surface area contributed by atoms with Gasteiger partial charge in [0.2, 0.25) is 0 Å². The fourth-order valence-corrected chi connectivity index (χ4v) is 5.36. The molecule has 0 radical (unpaired) electrons. The third kappa shape index (κ3) is 8.10. The van der Waals surface area contributed by atoms with Crippen molar-refractivity contribution in [1.82, 2.24) is 0 Å². The van der Waals surface area contributed by atoms with Gasteiger partial charge >= 0.3 is 6.11 Å². The van der Waals surface area contributed by atoms with E-state index in [-0.39, 0.29) is 11.4 Å². The minimum atomic E-state index is -3.44. The van der Waals surface area contributed by atoms with Gasteiger partial charge in [-0.2, -0.15) is 8.78 Å². The van der Waals surface area contributed by atoms with Crippen molar-refractivity contribution in [3.05, 3.63) is 70.5 Å². The second-order valence-corrected chi connectivity index (χ2v) is 10.4. The van der Waals surface area contributed by atoms with Crippen molar-refractivity contribution >= 4 is 0 Å². The standard InChI is InChI=1S/C31H43F3O/c1-4-6-8-10-24-12-14-25(15-13-24)26-18-20-29(21-19-26)31(33,34)35-23(3)28-17-16-27(30(32)22-28)11-9-7-5-2/h16-25H,4-15H2,1-3H3. The maximum atomic E-state index is 14.9. The lowest BCUT2D eigenvalue weighted by atomic mass is 9.77. The van der Waals surface area contributed by atoms with Crippen molar-refractivity contribution in [1.29, 1.82) is 0 Å². The van der Waals surface area contributed by atoms with Crippen LogP contribution in [0.4, 0.5) is 13.2 Å². The molecule has 0 heterocycles. The quantitative estimate of drug-likeness (QED) is 0.255. The molecule has 2 aromatic rings. The molecule has 35 heavy (non-hydrogen) atoms. The summed E-state index contributed by atoms with van der Waals surface area (Å²) in [5, 5.41) is 0. The summed E-state index contributed by atoms with van der Waals surface area (Å²) in [4.78, 5) is 0. The smallest absolute Gasteiger partial charge is 0.309 e. The third-order valence-corrected chi connectivity index (χ3v) is 7.70. The summed E-state index contributed by atoms with van der Waals surface area (Å²) in [6.45, 7) is 5.89. The average Bonchev–Trinajstić information content (AvgIpc) is 2.85. The first-order chi connectivity index (χ1) is 16.8. The maximum absolute atomic E-state index is 14.9. The van der Waals surface area contributed by atoms with Crippen molar-refractivity contribution in [2.45, 2.75) is 116 Å². The molecule has 3 rings (SSSR count). The van der Waals surface area contributed by atoms with Crippen molar-refractivity contribution < 1.29 is 17.9 Å². The number of alkyl halides is 2. The van der Waals surface area contributed by atoms with E-state index in [1.54, 1.807) is 19.1 Å². The van der Waals surface area contributed by atoms with Crippen LogP contribution in [0.5, 0.6) is 0 Å². The Morgan fingerprint density at radius 2 is 1.54 bits per heavy atom. The van der Waals surface area contributed by atoms with E-state index in [1.165, 1.54) is 56.7 Å². The number of hydrogen-bond acceptors (Lipinski definition) is 1. The zero-order valence-corrected chi connectivity index (χ0v) is 21.8. The highest BCUT2D eigenvalue weighted by Gasteiger charge is 2.35. The van der Waals surface area contributed by atoms with E-state index in [0.29, 0.717) is 23.5 Å². The number of rotatable bonds is 13. The van der Waals surface area contributed by atoms with Gasteiger partial charge in [-0.15, -0.1) is 0 Å². The van der Waals surface area contributed by atoms with Gasteiger partial charge in [0, 0.05) is 0 Å². The first kappa shape index (κ1) is 27.8. The van der Waals surface area contributed by atoms with Crippen LogP contribution in [0.2, 0.25) is 0 Å². The summed E-state index contributed by atoms with van der Waals surface area (Å²) >= 11 is 0. The predicted molar refractivity (Wildman–Crippen MR) is 138 cm³/mol. The number of unbranched alkanes of at least 4 members (excludes halogenated alkanes) is 4. The average molecular weight is 489 g/mol. The summed E-state index contributed by atoms with van der Waals surface area (Å²) in [6.07, 6.45) is 9.32. The number of aryl methyl sites for hydroxylation is 1. The van der Waals surface area contributed by atoms with Gasteiger partial charge in [-0.1, -0.05) is 88.8 Å². The largest absolute Gasteiger partial charge is 0.383 e. The molecular weight excluding hydrogens is 445 g/mol. The Bertz CT molecular complexity index is 885. The summed E-state index contributed by atoms with van der Waals surface area (Å²) in [5.74, 6) is 0.937. The van der Waals surface area contributed by atoms with E-state index in [4.69, 9.17) is 4.74 Å². The number of ether oxygens (including phenoxy) is 1. The minimum Gasteiger partial charge on any atom is -0.309 e. The van der Waals surface area contributed by atoms with Gasteiger partial charge in [0.15, 0.2) is 0 Å². The van der Waals surface area contributed by atoms with Gasteiger partial charge in [0.1, 0.15) is 5.82 Å². The van der Waals surface area contributed by atoms with Crippen LogP contribution < -0.4 is 0 Å². The molecular formula is C31H43F3O. The van der Waals surface area contributed by atoms with Gasteiger partial charge in [-0.25, -0.2) is 4.39 Å². The molecule has 1 saturated carbocycles. The fraction of sp³-hybridized carbons (Fsp3) is 0.613. The first-order valence-electron chi connectivity index (χ1n) is 13.8. The Balaban J connectivity index is 1.55. The Hall–Kier alpha value is -1.81. The van der Waals surface area contributed by atoms with E-state index in [0.717, 1.165) is 43.6 Å². The molecule has 0 N–H and O–H groups in total. The Labute approximate surface area is 210 Å². The van der Waals surface area contributed by atoms with Gasteiger partial charge < -0.3 is 4.74 Å². The lowest BCUT2D eigenvalue weighted by molar-refractivity contribution is -0.272. The highest BCUT2D eigenvalue weighted by molar-refractivity contribution is 5.29. The van der Waals surface area contributed by atoms with E-state index in [1.807, 2.05) is 12.1 Å². The first-order valence-corrected chi connectivity index (χ1v) is 13.8. The van der Waals surface area contributed by atoms with Crippen LogP contribution in [0.25, 0.3) is 0 Å². The zero-order valence-electron chi connectivity index (χ0n) is 21.8. The highest BCUT2D eigenvalue weighted by Crippen LogP contribution is 2.40. The molecule has 0 aromatic heterocycles. The fourth-order valence-electron chi connectivity index (χ4n) is 5.36. The van der Waals surface area contributed by atoms with E-state index in [9.17, 15) is 13.2 Å². The minimum absolute atomic E-state index is 0.155. The molecule has 0 amide bonds. The molecule has 1 aliphatic carbocycles. The monoisotopic (exact) mass is 488 g/mol. The Morgan fingerprint density at radius 3 is 2.17 bits per heavy atom. The van der Waals surface area contributed by atoms with Gasteiger partial charge in [0.25, 0.3) is 0 Å². The van der Waals surface area contributed by atoms with Crippen molar-refractivity contribution in [2.75, 3.05) is 0 Å². The van der Waals surface area contributed by atoms with Gasteiger partial charge in [0.05, 0.1) is 11.7 Å². The number of benzene rings is 2. The summed E-state index contributed by atoms with van der Waals surface area (Å²) < 4.78 is 49.5. The van der Waals surface area contributed by atoms with Crippen LogP contribution in [0, 0.1) is 11.7 Å². The van der Waals surface area contributed by atoms with Crippen LogP contribution in [-0.2, 0) is 17.3 Å². The second-order valence-electron chi connectivity index (χ2n) is 10.4. The molecule has 1 nitrogen and oxygen atoms in total. The molecule has 0 spiro atoms. The van der Waals surface area contributed by atoms with Crippen molar-refractivity contribution in [3.8, 4) is 0 Å². The van der Waals surface area contributed by atoms with Gasteiger partial charge in [-0.3, -0.25) is 0 Å². The Morgan fingerprint density at radius 1 is 0.886 bits per heavy atom. The molecule has 1 unspecified atom stereocenters. The molecule has 1 atom stereocenters. The molecule has 1 aliphatic rings. The summed E-state index contributed by atoms with van der Waals surface area (Å²) in [5.41, 5.74) is 2.05. The molecule has 194 valence electrons. The van der Waals surface area contributed by atoms with E-state index < -0.39 is 12.2 Å². The molecule has 0 saturated heterocycles. The zero-order chi connectivity index (χ0) is 25.3. The second kappa shape index (κ2) is 13.5. The van der Waals surface area contributed by atoms with Crippen molar-refractivity contribution in [2.24, 2.45) is 5.92 Å². The highest BCUT2D eigenvalue weighted by atomic mass is 19.3. The lowest BCUT2D eigenvalue weighted by Crippen LogP contribution is -2.21. The summed E-state index contributed by atoms with van der Waals surface area (Å²) in [7, 11) is 0. The normalized spacial score (nSPS) is 19.6. The summed E-state index contributed by atoms with van der Waals surface area (Å²) in [6, 6.07) is 11.4. The van der Waals surface area contributed by atoms with Crippen molar-refractivity contribution in [3.63, 3.8) is 0 Å². The van der Waals surface area contributed by atoms with Crippen LogP contribution in [0.1, 0.15) is 126 Å². The molecule has 0 bridgehead atoms. The van der Waals surface area contributed by atoms with Crippen LogP contribution >= 0.6 is 0 Å². The van der Waals surface area contributed by atoms with E-state index >= 15 is 0 Å². The van der Waals surface area contributed by atoms with Crippen LogP contribution in [0.15, 0.2) is 42.5 Å². The molecule has 0 aliphatic heterocycles. The van der Waals surface area contributed by atoms with Crippen LogP contribution in [-0.4, -0.2) is 0 Å². The van der Waals surface area contributed by atoms with Crippen LogP contribution in [0.3, 0.4) is 0 Å². The SMILES string of the molecule is CCCCCc1ccc(C(C)OC(F)(F)c2ccc(C3CCC(CCCCC)CC3)cc2)cc1F. The maximum Gasteiger partial charge on any atom is 0.383 e. The Kier molecular flexibility index (Phi) is 10.7. The molecule has 4 heteroatoms. The predicted octanol–water partition coefficient (Wildman–Crippen LogP) is 10.2.